The summed E-state index contributed by atoms with van der Waals surface area (Å²) in [5.41, 5.74) is 2.98. The lowest BCUT2D eigenvalue weighted by molar-refractivity contribution is 0.828. The number of benzene rings is 1. The summed E-state index contributed by atoms with van der Waals surface area (Å²) in [6.07, 6.45) is 3.92. The first-order chi connectivity index (χ1) is 6.40. The molecule has 1 unspecified atom stereocenters. The highest BCUT2D eigenvalue weighted by Crippen LogP contribution is 2.39. The van der Waals surface area contributed by atoms with Crippen LogP contribution in [0.2, 0.25) is 0 Å². The van der Waals surface area contributed by atoms with E-state index in [1.165, 1.54) is 29.7 Å². The molecular weight excluding hydrogens is 176 g/mol. The van der Waals surface area contributed by atoms with Crippen molar-refractivity contribution < 1.29 is 0 Å². The molecule has 0 aromatic heterocycles. The molecule has 0 aliphatic carbocycles. The van der Waals surface area contributed by atoms with Crippen LogP contribution in [-0.2, 0) is 6.42 Å². The summed E-state index contributed by atoms with van der Waals surface area (Å²) in [6.45, 7) is 2.21. The van der Waals surface area contributed by atoms with Crippen LogP contribution >= 0.6 is 11.8 Å². The minimum Gasteiger partial charge on any atom is -0.154 e. The zero-order valence-corrected chi connectivity index (χ0v) is 8.94. The lowest BCUT2D eigenvalue weighted by atomic mass is 10.1. The summed E-state index contributed by atoms with van der Waals surface area (Å²) in [5, 5.41) is 0.783. The van der Waals surface area contributed by atoms with Gasteiger partial charge in [0.2, 0.25) is 0 Å². The smallest absolute Gasteiger partial charge is 0.0297 e. The van der Waals surface area contributed by atoms with E-state index >= 15 is 0 Å². The highest BCUT2D eigenvalue weighted by atomic mass is 32.2. The van der Waals surface area contributed by atoms with Gasteiger partial charge in [-0.2, -0.15) is 11.8 Å². The molecule has 1 fully saturated rings. The highest BCUT2D eigenvalue weighted by Gasteiger charge is 2.16. The average Bonchev–Trinajstić information content (AvgIpc) is 2.71. The van der Waals surface area contributed by atoms with E-state index in [-0.39, 0.29) is 0 Å². The summed E-state index contributed by atoms with van der Waals surface area (Å²) in [5.74, 6) is 1.35. The summed E-state index contributed by atoms with van der Waals surface area (Å²) >= 11 is 2.11. The monoisotopic (exact) mass is 192 g/mol. The fraction of sp³-hybridized carbons (Fsp3) is 0.500. The largest absolute Gasteiger partial charge is 0.154 e. The zero-order chi connectivity index (χ0) is 9.10. The van der Waals surface area contributed by atoms with Crippen molar-refractivity contribution in [1.29, 1.82) is 0 Å². The van der Waals surface area contributed by atoms with Gasteiger partial charge in [0.25, 0.3) is 0 Å². The van der Waals surface area contributed by atoms with E-state index in [9.17, 15) is 0 Å². The molecule has 0 amide bonds. The molecule has 70 valence electrons. The molecule has 1 heteroatoms. The predicted molar refractivity (Wildman–Crippen MR) is 60.3 cm³/mol. The highest BCUT2D eigenvalue weighted by molar-refractivity contribution is 7.99. The van der Waals surface area contributed by atoms with Gasteiger partial charge in [-0.15, -0.1) is 0 Å². The number of hydrogen-bond donors (Lipinski definition) is 0. The predicted octanol–water partition coefficient (Wildman–Crippen LogP) is 3.82. The van der Waals surface area contributed by atoms with E-state index in [1.807, 2.05) is 0 Å². The third-order valence-electron chi connectivity index (χ3n) is 2.69. The van der Waals surface area contributed by atoms with Crippen molar-refractivity contribution in [2.75, 3.05) is 5.75 Å². The maximum absolute atomic E-state index is 2.31. The van der Waals surface area contributed by atoms with Crippen LogP contribution in [0.5, 0.6) is 0 Å². The molecule has 0 nitrogen and oxygen atoms in total. The molecule has 1 aliphatic heterocycles. The van der Waals surface area contributed by atoms with Crippen molar-refractivity contribution >= 4 is 11.8 Å². The van der Waals surface area contributed by atoms with Gasteiger partial charge in [0, 0.05) is 5.25 Å². The number of rotatable bonds is 2. The summed E-state index contributed by atoms with van der Waals surface area (Å²) in [7, 11) is 0. The van der Waals surface area contributed by atoms with E-state index in [2.05, 4.69) is 43.0 Å². The van der Waals surface area contributed by atoms with Gasteiger partial charge in [-0.05, 0) is 36.1 Å². The second kappa shape index (κ2) is 4.19. The Kier molecular flexibility index (Phi) is 2.94. The van der Waals surface area contributed by atoms with E-state index in [4.69, 9.17) is 0 Å². The molecule has 0 spiro atoms. The van der Waals surface area contributed by atoms with E-state index in [1.54, 1.807) is 0 Å². The van der Waals surface area contributed by atoms with E-state index in [0.29, 0.717) is 0 Å². The van der Waals surface area contributed by atoms with Gasteiger partial charge in [-0.3, -0.25) is 0 Å². The maximum Gasteiger partial charge on any atom is 0.0297 e. The van der Waals surface area contributed by atoms with E-state index < -0.39 is 0 Å². The number of thioether (sulfide) groups is 1. The molecule has 0 radical (unpaired) electrons. The van der Waals surface area contributed by atoms with Crippen molar-refractivity contribution in [3.63, 3.8) is 0 Å². The third-order valence-corrected chi connectivity index (χ3v) is 4.12. The summed E-state index contributed by atoms with van der Waals surface area (Å²) < 4.78 is 0. The molecule has 1 aromatic rings. The van der Waals surface area contributed by atoms with Crippen LogP contribution in [-0.4, -0.2) is 5.75 Å². The molecule has 0 N–H and O–H groups in total. The molecule has 1 aliphatic rings. The van der Waals surface area contributed by atoms with Crippen molar-refractivity contribution in [3.05, 3.63) is 35.4 Å². The Morgan fingerprint density at radius 3 is 2.62 bits per heavy atom. The molecule has 0 bridgehead atoms. The van der Waals surface area contributed by atoms with Crippen LogP contribution in [0, 0.1) is 0 Å². The van der Waals surface area contributed by atoms with Crippen LogP contribution < -0.4 is 0 Å². The van der Waals surface area contributed by atoms with Gasteiger partial charge in [0.15, 0.2) is 0 Å². The number of aryl methyl sites for hydroxylation is 1. The topological polar surface area (TPSA) is 0 Å². The fourth-order valence-electron chi connectivity index (χ4n) is 1.81. The lowest BCUT2D eigenvalue weighted by Crippen LogP contribution is -1.88. The first kappa shape index (κ1) is 9.14. The molecule has 2 rings (SSSR count). The standard InChI is InChI=1S/C12H16S/c1-2-10-5-7-11(8-6-10)12-4-3-9-13-12/h5-8,12H,2-4,9H2,1H3. The lowest BCUT2D eigenvalue weighted by Gasteiger charge is -2.08. The minimum atomic E-state index is 0.783. The molecule has 1 saturated heterocycles. The second-order valence-corrected chi connectivity index (χ2v) is 4.91. The minimum absolute atomic E-state index is 0.783. The van der Waals surface area contributed by atoms with Gasteiger partial charge < -0.3 is 0 Å². The Bertz CT molecular complexity index is 257. The Labute approximate surface area is 84.7 Å². The fourth-order valence-corrected chi connectivity index (χ4v) is 3.11. The van der Waals surface area contributed by atoms with Gasteiger partial charge in [-0.1, -0.05) is 31.2 Å². The Hall–Kier alpha value is -0.430. The quantitative estimate of drug-likeness (QED) is 0.686. The van der Waals surface area contributed by atoms with Gasteiger partial charge in [0.1, 0.15) is 0 Å². The first-order valence-electron chi connectivity index (χ1n) is 5.10. The van der Waals surface area contributed by atoms with Crippen LogP contribution in [0.15, 0.2) is 24.3 Å². The van der Waals surface area contributed by atoms with Crippen LogP contribution in [0.25, 0.3) is 0 Å². The average molecular weight is 192 g/mol. The first-order valence-corrected chi connectivity index (χ1v) is 6.15. The Morgan fingerprint density at radius 2 is 2.08 bits per heavy atom. The summed E-state index contributed by atoms with van der Waals surface area (Å²) in [6, 6.07) is 9.16. The van der Waals surface area contributed by atoms with Crippen LogP contribution in [0.4, 0.5) is 0 Å². The van der Waals surface area contributed by atoms with Gasteiger partial charge in [-0.25, -0.2) is 0 Å². The number of hydrogen-bond acceptors (Lipinski definition) is 1. The van der Waals surface area contributed by atoms with E-state index in [0.717, 1.165) is 11.7 Å². The molecule has 13 heavy (non-hydrogen) atoms. The molecule has 1 aromatic carbocycles. The zero-order valence-electron chi connectivity index (χ0n) is 8.12. The van der Waals surface area contributed by atoms with Crippen molar-refractivity contribution in [2.45, 2.75) is 31.4 Å². The van der Waals surface area contributed by atoms with Crippen molar-refractivity contribution in [2.24, 2.45) is 0 Å². The van der Waals surface area contributed by atoms with Crippen molar-refractivity contribution in [1.82, 2.24) is 0 Å². The molecule has 0 saturated carbocycles. The van der Waals surface area contributed by atoms with Gasteiger partial charge >= 0.3 is 0 Å². The van der Waals surface area contributed by atoms with Crippen LogP contribution in [0.1, 0.15) is 36.1 Å². The maximum atomic E-state index is 2.31. The SMILES string of the molecule is CCc1ccc(C2CCCS2)cc1. The Morgan fingerprint density at radius 1 is 1.31 bits per heavy atom. The van der Waals surface area contributed by atoms with Crippen molar-refractivity contribution in [3.8, 4) is 0 Å². The third kappa shape index (κ3) is 2.08. The second-order valence-electron chi connectivity index (χ2n) is 3.60. The molecule has 1 atom stereocenters. The van der Waals surface area contributed by atoms with Gasteiger partial charge in [0.05, 0.1) is 0 Å². The molecule has 1 heterocycles. The molecular formula is C12H16S. The Balaban J connectivity index is 2.12. The summed E-state index contributed by atoms with van der Waals surface area (Å²) in [4.78, 5) is 0. The van der Waals surface area contributed by atoms with Crippen LogP contribution in [0.3, 0.4) is 0 Å². The normalized spacial score (nSPS) is 22.1.